The number of ether oxygens (including phenoxy) is 1. The summed E-state index contributed by atoms with van der Waals surface area (Å²) in [6.07, 6.45) is 3.01. The van der Waals surface area contributed by atoms with Crippen molar-refractivity contribution in [1.29, 1.82) is 0 Å². The van der Waals surface area contributed by atoms with Crippen LogP contribution in [0.5, 0.6) is 0 Å². The first-order valence-corrected chi connectivity index (χ1v) is 7.62. The molecule has 2 aromatic heterocycles. The Morgan fingerprint density at radius 1 is 1.41 bits per heavy atom. The van der Waals surface area contributed by atoms with E-state index in [1.807, 2.05) is 0 Å². The lowest BCUT2D eigenvalue weighted by molar-refractivity contribution is -0.114. The molecule has 0 aliphatic carbocycles. The highest BCUT2D eigenvalue weighted by Gasteiger charge is 2.19. The molecule has 9 heteroatoms. The van der Waals surface area contributed by atoms with Gasteiger partial charge in [-0.25, -0.2) is 14.8 Å². The summed E-state index contributed by atoms with van der Waals surface area (Å²) in [5.41, 5.74) is -0.522. The van der Waals surface area contributed by atoms with Crippen LogP contribution in [-0.2, 0) is 9.53 Å². The van der Waals surface area contributed by atoms with Crippen LogP contribution in [0.15, 0.2) is 16.1 Å². The number of carbonyl (C=O) groups excluding carboxylic acids is 2. The van der Waals surface area contributed by atoms with Gasteiger partial charge in [0.15, 0.2) is 11.0 Å². The summed E-state index contributed by atoms with van der Waals surface area (Å²) in [5.74, 6) is -1.06. The summed E-state index contributed by atoms with van der Waals surface area (Å²) < 4.78 is 4.83. The number of hydrogen-bond donors (Lipinski definition) is 2. The Morgan fingerprint density at radius 3 is 2.73 bits per heavy atom. The van der Waals surface area contributed by atoms with Gasteiger partial charge in [0.25, 0.3) is 0 Å². The maximum absolute atomic E-state index is 12.5. The Labute approximate surface area is 129 Å². The van der Waals surface area contributed by atoms with E-state index in [0.717, 1.165) is 0 Å². The van der Waals surface area contributed by atoms with Crippen LogP contribution in [0, 0.1) is 0 Å². The number of carbonyl (C=O) groups is 2. The van der Waals surface area contributed by atoms with Crippen LogP contribution in [0.1, 0.15) is 24.2 Å². The van der Waals surface area contributed by atoms with Gasteiger partial charge in [0.05, 0.1) is 6.61 Å². The van der Waals surface area contributed by atoms with Crippen LogP contribution in [0.4, 0.5) is 5.82 Å². The number of rotatable bonds is 4. The SMILES string of the molecule is CCOC(=O)c1c[nH]c2nc(SC)nc(NC(C)=O)c2c1=O. The lowest BCUT2D eigenvalue weighted by Crippen LogP contribution is -2.21. The minimum Gasteiger partial charge on any atom is -0.462 e. The Kier molecular flexibility index (Phi) is 4.76. The smallest absolute Gasteiger partial charge is 0.343 e. The molecule has 116 valence electrons. The molecule has 0 aromatic carbocycles. The average molecular weight is 322 g/mol. The lowest BCUT2D eigenvalue weighted by Gasteiger charge is -2.08. The average Bonchev–Trinajstić information content (AvgIpc) is 2.46. The van der Waals surface area contributed by atoms with Crippen LogP contribution in [0.2, 0.25) is 0 Å². The zero-order valence-electron chi connectivity index (χ0n) is 12.2. The first-order valence-electron chi connectivity index (χ1n) is 6.40. The van der Waals surface area contributed by atoms with E-state index in [4.69, 9.17) is 4.74 Å². The molecule has 2 aromatic rings. The van der Waals surface area contributed by atoms with E-state index in [0.29, 0.717) is 5.16 Å². The third-order valence-corrected chi connectivity index (χ3v) is 3.23. The fraction of sp³-hybridized carbons (Fsp3) is 0.308. The fourth-order valence-electron chi connectivity index (χ4n) is 1.81. The number of anilines is 1. The van der Waals surface area contributed by atoms with Crippen molar-refractivity contribution in [3.05, 3.63) is 22.0 Å². The number of esters is 1. The van der Waals surface area contributed by atoms with E-state index < -0.39 is 11.4 Å². The number of nitrogens with zero attached hydrogens (tertiary/aromatic N) is 2. The maximum atomic E-state index is 12.5. The first-order chi connectivity index (χ1) is 10.5. The normalized spacial score (nSPS) is 10.5. The molecular weight excluding hydrogens is 308 g/mol. The van der Waals surface area contributed by atoms with Crippen molar-refractivity contribution in [2.45, 2.75) is 19.0 Å². The quantitative estimate of drug-likeness (QED) is 0.493. The Balaban J connectivity index is 2.73. The maximum Gasteiger partial charge on any atom is 0.343 e. The van der Waals surface area contributed by atoms with Crippen molar-refractivity contribution in [3.8, 4) is 0 Å². The summed E-state index contributed by atoms with van der Waals surface area (Å²) in [5, 5.41) is 2.91. The van der Waals surface area contributed by atoms with E-state index >= 15 is 0 Å². The number of H-pyrrole nitrogens is 1. The van der Waals surface area contributed by atoms with Crippen LogP contribution < -0.4 is 10.7 Å². The third-order valence-electron chi connectivity index (χ3n) is 2.69. The van der Waals surface area contributed by atoms with Gasteiger partial charge in [0.2, 0.25) is 11.3 Å². The van der Waals surface area contributed by atoms with E-state index in [-0.39, 0.29) is 34.9 Å². The highest BCUT2D eigenvalue weighted by Crippen LogP contribution is 2.20. The van der Waals surface area contributed by atoms with Gasteiger partial charge in [-0.15, -0.1) is 0 Å². The molecule has 0 atom stereocenters. The van der Waals surface area contributed by atoms with E-state index in [1.54, 1.807) is 13.2 Å². The number of aromatic amines is 1. The van der Waals surface area contributed by atoms with Crippen molar-refractivity contribution >= 4 is 40.5 Å². The van der Waals surface area contributed by atoms with Crippen LogP contribution in [0.25, 0.3) is 11.0 Å². The molecule has 0 aliphatic rings. The van der Waals surface area contributed by atoms with Gasteiger partial charge in [-0.1, -0.05) is 11.8 Å². The number of nitrogens with one attached hydrogen (secondary N) is 2. The molecule has 2 rings (SSSR count). The molecule has 8 nitrogen and oxygen atoms in total. The molecule has 22 heavy (non-hydrogen) atoms. The van der Waals surface area contributed by atoms with E-state index in [9.17, 15) is 14.4 Å². The standard InChI is InChI=1S/C13H14N4O4S/c1-4-21-12(20)7-5-14-10-8(9(7)19)11(15-6(2)18)17-13(16-10)22-3/h5H,4H2,1-3H3,(H2,14,15,16,17,18,19). The largest absolute Gasteiger partial charge is 0.462 e. The molecule has 0 bridgehead atoms. The number of aromatic nitrogens is 3. The summed E-state index contributed by atoms with van der Waals surface area (Å²) in [4.78, 5) is 46.6. The Bertz CT molecular complexity index is 802. The zero-order chi connectivity index (χ0) is 16.3. The van der Waals surface area contributed by atoms with Gasteiger partial charge in [-0.2, -0.15) is 0 Å². The Morgan fingerprint density at radius 2 is 2.14 bits per heavy atom. The molecule has 2 heterocycles. The number of thioether (sulfide) groups is 1. The van der Waals surface area contributed by atoms with Gasteiger partial charge in [0, 0.05) is 13.1 Å². The molecule has 0 radical (unpaired) electrons. The van der Waals surface area contributed by atoms with Gasteiger partial charge >= 0.3 is 5.97 Å². The van der Waals surface area contributed by atoms with Crippen LogP contribution >= 0.6 is 11.8 Å². The second kappa shape index (κ2) is 6.56. The number of fused-ring (bicyclic) bond motifs is 1. The predicted octanol–water partition coefficient (Wildman–Crippen LogP) is 1.18. The molecular formula is C13H14N4O4S. The van der Waals surface area contributed by atoms with Gasteiger partial charge in [-0.05, 0) is 13.2 Å². The molecule has 0 fully saturated rings. The Hall–Kier alpha value is -2.42. The van der Waals surface area contributed by atoms with E-state index in [2.05, 4.69) is 20.3 Å². The second-order valence-corrected chi connectivity index (χ2v) is 4.99. The molecule has 1 amide bonds. The zero-order valence-corrected chi connectivity index (χ0v) is 13.0. The predicted molar refractivity (Wildman–Crippen MR) is 82.2 cm³/mol. The number of pyridine rings is 1. The summed E-state index contributed by atoms with van der Waals surface area (Å²) >= 11 is 1.26. The van der Waals surface area contributed by atoms with Crippen molar-refractivity contribution in [3.63, 3.8) is 0 Å². The molecule has 0 saturated carbocycles. The summed E-state index contributed by atoms with van der Waals surface area (Å²) in [6.45, 7) is 3.09. The van der Waals surface area contributed by atoms with E-state index in [1.165, 1.54) is 24.9 Å². The molecule has 2 N–H and O–H groups in total. The topological polar surface area (TPSA) is 114 Å². The first kappa shape index (κ1) is 16.0. The van der Waals surface area contributed by atoms with Crippen molar-refractivity contribution in [2.24, 2.45) is 0 Å². The molecule has 0 spiro atoms. The molecule has 0 saturated heterocycles. The highest BCUT2D eigenvalue weighted by molar-refractivity contribution is 7.98. The van der Waals surface area contributed by atoms with Gasteiger partial charge < -0.3 is 15.0 Å². The molecule has 0 aliphatic heterocycles. The summed E-state index contributed by atoms with van der Waals surface area (Å²) in [7, 11) is 0. The second-order valence-electron chi connectivity index (χ2n) is 4.22. The van der Waals surface area contributed by atoms with Crippen molar-refractivity contribution in [2.75, 3.05) is 18.2 Å². The van der Waals surface area contributed by atoms with Crippen molar-refractivity contribution < 1.29 is 14.3 Å². The number of hydrogen-bond acceptors (Lipinski definition) is 7. The van der Waals surface area contributed by atoms with Crippen LogP contribution in [-0.4, -0.2) is 39.7 Å². The fourth-order valence-corrected chi connectivity index (χ4v) is 2.17. The highest BCUT2D eigenvalue weighted by atomic mass is 32.2. The minimum atomic E-state index is -0.742. The van der Waals surface area contributed by atoms with Crippen LogP contribution in [0.3, 0.4) is 0 Å². The monoisotopic (exact) mass is 322 g/mol. The van der Waals surface area contributed by atoms with Gasteiger partial charge in [-0.3, -0.25) is 9.59 Å². The van der Waals surface area contributed by atoms with Crippen molar-refractivity contribution in [1.82, 2.24) is 15.0 Å². The number of amides is 1. The van der Waals surface area contributed by atoms with Gasteiger partial charge in [0.1, 0.15) is 16.6 Å². The lowest BCUT2D eigenvalue weighted by atomic mass is 10.2. The minimum absolute atomic E-state index is 0.0403. The third kappa shape index (κ3) is 3.08. The summed E-state index contributed by atoms with van der Waals surface area (Å²) in [6, 6.07) is 0. The molecule has 0 unspecified atom stereocenters.